The van der Waals surface area contributed by atoms with Gasteiger partial charge in [-0.2, -0.15) is 0 Å². The molecule has 0 spiro atoms. The molecule has 0 atom stereocenters. The summed E-state index contributed by atoms with van der Waals surface area (Å²) in [7, 11) is 0. The van der Waals surface area contributed by atoms with Crippen LogP contribution in [0.2, 0.25) is 0 Å². The molecule has 1 aromatic carbocycles. The van der Waals surface area contributed by atoms with E-state index in [2.05, 4.69) is 15.6 Å². The first kappa shape index (κ1) is 14.7. The van der Waals surface area contributed by atoms with Crippen molar-refractivity contribution in [3.8, 4) is 0 Å². The zero-order chi connectivity index (χ0) is 15.4. The van der Waals surface area contributed by atoms with Gasteiger partial charge in [0.25, 0.3) is 0 Å². The van der Waals surface area contributed by atoms with Crippen LogP contribution in [0.3, 0.4) is 0 Å². The monoisotopic (exact) mass is 290 g/mol. The van der Waals surface area contributed by atoms with Crippen molar-refractivity contribution >= 4 is 23.0 Å². The molecule has 0 amide bonds. The molecule has 21 heavy (non-hydrogen) atoms. The van der Waals surface area contributed by atoms with Gasteiger partial charge in [0.05, 0.1) is 4.92 Å². The Bertz CT molecular complexity index is 676. The summed E-state index contributed by atoms with van der Waals surface area (Å²) in [4.78, 5) is 14.7. The van der Waals surface area contributed by atoms with Crippen molar-refractivity contribution in [2.24, 2.45) is 0 Å². The topological polar surface area (TPSA) is 80.1 Å². The Morgan fingerprint density at radius 1 is 1.33 bits per heavy atom. The number of hydrogen-bond donors (Lipinski definition) is 2. The molecule has 1 heterocycles. The van der Waals surface area contributed by atoms with Gasteiger partial charge < -0.3 is 10.6 Å². The van der Waals surface area contributed by atoms with E-state index in [0.717, 1.165) is 0 Å². The first-order chi connectivity index (χ1) is 10.0. The molecule has 7 heteroatoms. The Kier molecular flexibility index (Phi) is 4.32. The maximum Gasteiger partial charge on any atom is 0.311 e. The van der Waals surface area contributed by atoms with Crippen molar-refractivity contribution in [2.75, 3.05) is 17.2 Å². The predicted molar refractivity (Wildman–Crippen MR) is 79.5 cm³/mol. The second kappa shape index (κ2) is 6.17. The van der Waals surface area contributed by atoms with Gasteiger partial charge in [0, 0.05) is 18.3 Å². The minimum Gasteiger partial charge on any atom is -0.370 e. The highest BCUT2D eigenvalue weighted by Gasteiger charge is 2.17. The number of nitro groups is 1. The molecule has 2 rings (SSSR count). The summed E-state index contributed by atoms with van der Waals surface area (Å²) in [6, 6.07) is 7.09. The van der Waals surface area contributed by atoms with Gasteiger partial charge >= 0.3 is 5.69 Å². The Morgan fingerprint density at radius 3 is 2.71 bits per heavy atom. The highest BCUT2D eigenvalue weighted by Crippen LogP contribution is 2.28. The molecule has 2 N–H and O–H groups in total. The largest absolute Gasteiger partial charge is 0.370 e. The SMILES string of the molecule is CCNc1ccc([N+](=O)[O-])c(Nc2ccc(F)cc2C)n1. The zero-order valence-corrected chi connectivity index (χ0v) is 11.7. The van der Waals surface area contributed by atoms with Gasteiger partial charge in [0.1, 0.15) is 11.6 Å². The molecule has 0 bridgehead atoms. The van der Waals surface area contributed by atoms with Gasteiger partial charge in [-0.25, -0.2) is 9.37 Å². The first-order valence-corrected chi connectivity index (χ1v) is 6.43. The predicted octanol–water partition coefficient (Wildman–Crippen LogP) is 3.61. The van der Waals surface area contributed by atoms with Crippen LogP contribution in [-0.4, -0.2) is 16.5 Å². The maximum atomic E-state index is 13.1. The van der Waals surface area contributed by atoms with E-state index in [-0.39, 0.29) is 17.3 Å². The zero-order valence-electron chi connectivity index (χ0n) is 11.7. The molecule has 1 aromatic heterocycles. The molecular weight excluding hydrogens is 275 g/mol. The highest BCUT2D eigenvalue weighted by molar-refractivity contribution is 5.69. The number of aryl methyl sites for hydroxylation is 1. The third-order valence-corrected chi connectivity index (χ3v) is 2.87. The highest BCUT2D eigenvalue weighted by atomic mass is 19.1. The standard InChI is InChI=1S/C14H15FN4O2/c1-3-16-13-7-6-12(19(20)21)14(18-13)17-11-5-4-10(15)8-9(11)2/h4-8H,3H2,1-2H3,(H2,16,17,18). The summed E-state index contributed by atoms with van der Waals surface area (Å²) in [5.74, 6) is 0.292. The van der Waals surface area contributed by atoms with Crippen molar-refractivity contribution in [1.82, 2.24) is 4.98 Å². The molecule has 110 valence electrons. The van der Waals surface area contributed by atoms with E-state index in [9.17, 15) is 14.5 Å². The molecule has 0 aliphatic carbocycles. The van der Waals surface area contributed by atoms with Crippen LogP contribution in [0.1, 0.15) is 12.5 Å². The lowest BCUT2D eigenvalue weighted by Gasteiger charge is -2.11. The number of halogens is 1. The number of nitrogens with one attached hydrogen (secondary N) is 2. The van der Waals surface area contributed by atoms with Gasteiger partial charge in [0.2, 0.25) is 5.82 Å². The van der Waals surface area contributed by atoms with Crippen LogP contribution < -0.4 is 10.6 Å². The van der Waals surface area contributed by atoms with Gasteiger partial charge in [-0.05, 0) is 43.7 Å². The van der Waals surface area contributed by atoms with Crippen LogP contribution in [0.5, 0.6) is 0 Å². The summed E-state index contributed by atoms with van der Waals surface area (Å²) in [5.41, 5.74) is 1.07. The van der Waals surface area contributed by atoms with Crippen LogP contribution in [0.15, 0.2) is 30.3 Å². The van der Waals surface area contributed by atoms with Gasteiger partial charge in [0.15, 0.2) is 0 Å². The lowest BCUT2D eigenvalue weighted by Crippen LogP contribution is -2.05. The lowest BCUT2D eigenvalue weighted by atomic mass is 10.2. The molecule has 0 aliphatic rings. The van der Waals surface area contributed by atoms with Crippen LogP contribution in [0.25, 0.3) is 0 Å². The summed E-state index contributed by atoms with van der Waals surface area (Å²) >= 11 is 0. The van der Waals surface area contributed by atoms with Crippen molar-refractivity contribution in [3.63, 3.8) is 0 Å². The van der Waals surface area contributed by atoms with Crippen molar-refractivity contribution < 1.29 is 9.31 Å². The summed E-state index contributed by atoms with van der Waals surface area (Å²) in [6.07, 6.45) is 0. The Balaban J connectivity index is 2.40. The van der Waals surface area contributed by atoms with E-state index in [1.807, 2.05) is 6.92 Å². The number of aromatic nitrogens is 1. The minimum atomic E-state index is -0.510. The molecule has 0 fully saturated rings. The van der Waals surface area contributed by atoms with Crippen molar-refractivity contribution in [1.29, 1.82) is 0 Å². The van der Waals surface area contributed by atoms with Gasteiger partial charge in [-0.15, -0.1) is 0 Å². The molecule has 0 radical (unpaired) electrons. The van der Waals surface area contributed by atoms with E-state index >= 15 is 0 Å². The van der Waals surface area contributed by atoms with Crippen molar-refractivity contribution in [3.05, 3.63) is 51.8 Å². The van der Waals surface area contributed by atoms with Gasteiger partial charge in [-0.3, -0.25) is 10.1 Å². The maximum absolute atomic E-state index is 13.1. The molecule has 0 saturated carbocycles. The van der Waals surface area contributed by atoms with E-state index in [1.54, 1.807) is 13.0 Å². The fraction of sp³-hybridized carbons (Fsp3) is 0.214. The Labute approximate surface area is 121 Å². The smallest absolute Gasteiger partial charge is 0.311 e. The Hall–Kier alpha value is -2.70. The fourth-order valence-electron chi connectivity index (χ4n) is 1.87. The Morgan fingerprint density at radius 2 is 2.10 bits per heavy atom. The van der Waals surface area contributed by atoms with E-state index in [4.69, 9.17) is 0 Å². The molecule has 0 unspecified atom stereocenters. The first-order valence-electron chi connectivity index (χ1n) is 6.43. The molecular formula is C14H15FN4O2. The molecule has 0 aliphatic heterocycles. The quantitative estimate of drug-likeness (QED) is 0.649. The fourth-order valence-corrected chi connectivity index (χ4v) is 1.87. The number of hydrogen-bond acceptors (Lipinski definition) is 5. The number of benzene rings is 1. The van der Waals surface area contributed by atoms with E-state index in [0.29, 0.717) is 23.6 Å². The number of rotatable bonds is 5. The second-order valence-corrected chi connectivity index (χ2v) is 4.44. The third kappa shape index (κ3) is 3.44. The third-order valence-electron chi connectivity index (χ3n) is 2.87. The molecule has 2 aromatic rings. The second-order valence-electron chi connectivity index (χ2n) is 4.44. The number of pyridine rings is 1. The number of anilines is 3. The summed E-state index contributed by atoms with van der Waals surface area (Å²) in [6.45, 7) is 4.27. The average molecular weight is 290 g/mol. The molecule has 0 saturated heterocycles. The van der Waals surface area contributed by atoms with Crippen molar-refractivity contribution in [2.45, 2.75) is 13.8 Å². The van der Waals surface area contributed by atoms with E-state index < -0.39 is 4.92 Å². The summed E-state index contributed by atoms with van der Waals surface area (Å²) < 4.78 is 13.1. The van der Waals surface area contributed by atoms with Crippen LogP contribution in [0.4, 0.5) is 27.4 Å². The van der Waals surface area contributed by atoms with Crippen LogP contribution >= 0.6 is 0 Å². The average Bonchev–Trinajstić information content (AvgIpc) is 2.42. The minimum absolute atomic E-state index is 0.119. The molecule has 6 nitrogen and oxygen atoms in total. The lowest BCUT2D eigenvalue weighted by molar-refractivity contribution is -0.384. The summed E-state index contributed by atoms with van der Waals surface area (Å²) in [5, 5.41) is 16.9. The normalized spacial score (nSPS) is 10.2. The van der Waals surface area contributed by atoms with Crippen LogP contribution in [-0.2, 0) is 0 Å². The van der Waals surface area contributed by atoms with E-state index in [1.165, 1.54) is 24.3 Å². The van der Waals surface area contributed by atoms with Crippen LogP contribution in [0, 0.1) is 22.9 Å². The van der Waals surface area contributed by atoms with Gasteiger partial charge in [-0.1, -0.05) is 0 Å². The number of nitrogens with zero attached hydrogens (tertiary/aromatic N) is 2.